The summed E-state index contributed by atoms with van der Waals surface area (Å²) in [7, 11) is 0. The van der Waals surface area contributed by atoms with E-state index >= 15 is 0 Å². The van der Waals surface area contributed by atoms with Gasteiger partial charge in [0.15, 0.2) is 0 Å². The van der Waals surface area contributed by atoms with Crippen LogP contribution in [-0.4, -0.2) is 29.2 Å². The van der Waals surface area contributed by atoms with Crippen molar-refractivity contribution in [2.75, 3.05) is 18.4 Å². The second-order valence-corrected chi connectivity index (χ2v) is 8.00. The third kappa shape index (κ3) is 4.25. The minimum absolute atomic E-state index is 0.0959. The van der Waals surface area contributed by atoms with Gasteiger partial charge >= 0.3 is 0 Å². The van der Waals surface area contributed by atoms with Crippen molar-refractivity contribution in [2.45, 2.75) is 19.4 Å². The van der Waals surface area contributed by atoms with E-state index in [0.717, 1.165) is 47.2 Å². The Labute approximate surface area is 186 Å². The molecule has 5 rings (SSSR count). The molecule has 3 aromatic carbocycles. The molecule has 6 heteroatoms. The Kier molecular flexibility index (Phi) is 5.40. The van der Waals surface area contributed by atoms with E-state index in [-0.39, 0.29) is 6.10 Å². The monoisotopic (exact) mass is 421 g/mol. The van der Waals surface area contributed by atoms with Crippen molar-refractivity contribution < 1.29 is 4.74 Å². The summed E-state index contributed by atoms with van der Waals surface area (Å²) in [5, 5.41) is 16.6. The third-order valence-electron chi connectivity index (χ3n) is 5.61. The first kappa shape index (κ1) is 20.0. The van der Waals surface area contributed by atoms with Crippen molar-refractivity contribution in [1.29, 1.82) is 5.26 Å². The maximum absolute atomic E-state index is 9.06. The molecule has 1 aliphatic rings. The van der Waals surface area contributed by atoms with Crippen molar-refractivity contribution in [1.82, 2.24) is 15.3 Å². The summed E-state index contributed by atoms with van der Waals surface area (Å²) in [6, 6.07) is 23.9. The Balaban J connectivity index is 1.55. The van der Waals surface area contributed by atoms with Gasteiger partial charge in [-0.2, -0.15) is 10.2 Å². The average Bonchev–Trinajstić information content (AvgIpc) is 3.33. The number of benzene rings is 3. The van der Waals surface area contributed by atoms with Crippen LogP contribution in [0.3, 0.4) is 0 Å². The van der Waals surface area contributed by atoms with Crippen LogP contribution in [0.5, 0.6) is 5.88 Å². The number of rotatable bonds is 5. The predicted octanol–water partition coefficient (Wildman–Crippen LogP) is 4.96. The highest BCUT2D eigenvalue weighted by atomic mass is 16.5. The van der Waals surface area contributed by atoms with Crippen molar-refractivity contribution in [3.63, 3.8) is 0 Å². The summed E-state index contributed by atoms with van der Waals surface area (Å²) in [4.78, 5) is 9.48. The smallest absolute Gasteiger partial charge is 0.231 e. The number of nitriles is 1. The lowest BCUT2D eigenvalue weighted by Crippen LogP contribution is -2.20. The maximum Gasteiger partial charge on any atom is 0.231 e. The molecule has 158 valence electrons. The molecule has 1 atom stereocenters. The van der Waals surface area contributed by atoms with E-state index in [1.54, 1.807) is 0 Å². The number of anilines is 2. The van der Waals surface area contributed by atoms with E-state index in [1.165, 1.54) is 5.56 Å². The van der Waals surface area contributed by atoms with E-state index in [0.29, 0.717) is 17.4 Å². The van der Waals surface area contributed by atoms with Crippen LogP contribution in [0.4, 0.5) is 11.6 Å². The van der Waals surface area contributed by atoms with Gasteiger partial charge in [0.1, 0.15) is 6.10 Å². The molecule has 2 heterocycles. The summed E-state index contributed by atoms with van der Waals surface area (Å²) < 4.78 is 6.27. The molecule has 0 aliphatic carbocycles. The SMILES string of the molecule is Cc1ccc(Nc2nc(O[C@H]3CCNC3)c3ccc(-c4ccc(C#N)cc4)cc3n2)cc1. The Morgan fingerprint density at radius 3 is 2.50 bits per heavy atom. The number of aryl methyl sites for hydroxylation is 1. The number of nitrogens with zero attached hydrogens (tertiary/aromatic N) is 3. The molecule has 0 spiro atoms. The zero-order chi connectivity index (χ0) is 21.9. The number of hydrogen-bond acceptors (Lipinski definition) is 6. The summed E-state index contributed by atoms with van der Waals surface area (Å²) in [6.07, 6.45) is 1.05. The van der Waals surface area contributed by atoms with Crippen LogP contribution >= 0.6 is 0 Å². The first-order chi connectivity index (χ1) is 15.7. The van der Waals surface area contributed by atoms with Gasteiger partial charge in [0, 0.05) is 12.2 Å². The molecule has 0 bridgehead atoms. The Morgan fingerprint density at radius 2 is 1.78 bits per heavy atom. The van der Waals surface area contributed by atoms with Crippen molar-refractivity contribution in [2.24, 2.45) is 0 Å². The van der Waals surface area contributed by atoms with Gasteiger partial charge in [-0.25, -0.2) is 4.98 Å². The van der Waals surface area contributed by atoms with Gasteiger partial charge in [-0.3, -0.25) is 0 Å². The molecule has 0 amide bonds. The largest absolute Gasteiger partial charge is 0.472 e. The molecule has 1 aliphatic heterocycles. The lowest BCUT2D eigenvalue weighted by Gasteiger charge is -2.15. The highest BCUT2D eigenvalue weighted by Gasteiger charge is 2.19. The molecule has 2 N–H and O–H groups in total. The molecule has 0 radical (unpaired) electrons. The molecular weight excluding hydrogens is 398 g/mol. The van der Waals surface area contributed by atoms with Crippen LogP contribution in [0.1, 0.15) is 17.5 Å². The van der Waals surface area contributed by atoms with Crippen LogP contribution in [0.2, 0.25) is 0 Å². The van der Waals surface area contributed by atoms with Crippen LogP contribution in [0.15, 0.2) is 66.7 Å². The second-order valence-electron chi connectivity index (χ2n) is 8.00. The third-order valence-corrected chi connectivity index (χ3v) is 5.61. The topological polar surface area (TPSA) is 82.9 Å². The van der Waals surface area contributed by atoms with Gasteiger partial charge in [-0.15, -0.1) is 0 Å². The average molecular weight is 422 g/mol. The van der Waals surface area contributed by atoms with Gasteiger partial charge in [0.2, 0.25) is 11.8 Å². The van der Waals surface area contributed by atoms with Crippen LogP contribution in [0.25, 0.3) is 22.0 Å². The summed E-state index contributed by atoms with van der Waals surface area (Å²) in [5.41, 5.74) is 5.61. The standard InChI is InChI=1S/C26H23N5O/c1-17-2-9-21(10-3-17)29-26-30-24-14-20(19-6-4-18(15-27)5-7-19)8-11-23(24)25(31-26)32-22-12-13-28-16-22/h2-11,14,22,28H,12-13,16H2,1H3,(H,29,30,31)/t22-/m0/s1. The van der Waals surface area contributed by atoms with Crippen LogP contribution in [-0.2, 0) is 0 Å². The Morgan fingerprint density at radius 1 is 1.00 bits per heavy atom. The zero-order valence-electron chi connectivity index (χ0n) is 17.8. The maximum atomic E-state index is 9.06. The van der Waals surface area contributed by atoms with Gasteiger partial charge in [-0.1, -0.05) is 35.9 Å². The van der Waals surface area contributed by atoms with E-state index in [4.69, 9.17) is 20.0 Å². The fourth-order valence-corrected chi connectivity index (χ4v) is 3.82. The highest BCUT2D eigenvalue weighted by molar-refractivity contribution is 5.89. The van der Waals surface area contributed by atoms with E-state index < -0.39 is 0 Å². The number of aromatic nitrogens is 2. The molecule has 0 saturated carbocycles. The van der Waals surface area contributed by atoms with Gasteiger partial charge in [0.05, 0.1) is 22.5 Å². The summed E-state index contributed by atoms with van der Waals surface area (Å²) in [6.45, 7) is 3.82. The number of fused-ring (bicyclic) bond motifs is 1. The number of nitrogens with one attached hydrogen (secondary N) is 2. The fourth-order valence-electron chi connectivity index (χ4n) is 3.82. The highest BCUT2D eigenvalue weighted by Crippen LogP contribution is 2.31. The fraction of sp³-hybridized carbons (Fsp3) is 0.192. The molecule has 0 unspecified atom stereocenters. The van der Waals surface area contributed by atoms with E-state index in [9.17, 15) is 0 Å². The summed E-state index contributed by atoms with van der Waals surface area (Å²) in [5.74, 6) is 1.09. The number of ether oxygens (including phenoxy) is 1. The number of hydrogen-bond donors (Lipinski definition) is 2. The lowest BCUT2D eigenvalue weighted by molar-refractivity contribution is 0.217. The quantitative estimate of drug-likeness (QED) is 0.474. The molecule has 32 heavy (non-hydrogen) atoms. The zero-order valence-corrected chi connectivity index (χ0v) is 17.8. The normalized spacial score (nSPS) is 15.4. The lowest BCUT2D eigenvalue weighted by atomic mass is 10.0. The second kappa shape index (κ2) is 8.66. The van der Waals surface area contributed by atoms with Gasteiger partial charge < -0.3 is 15.4 Å². The predicted molar refractivity (Wildman–Crippen MR) is 126 cm³/mol. The van der Waals surface area contributed by atoms with Gasteiger partial charge in [-0.05, 0) is 67.4 Å². The molecule has 6 nitrogen and oxygen atoms in total. The van der Waals surface area contributed by atoms with Crippen molar-refractivity contribution >= 4 is 22.5 Å². The van der Waals surface area contributed by atoms with Crippen LogP contribution in [0, 0.1) is 18.3 Å². The van der Waals surface area contributed by atoms with E-state index in [2.05, 4.69) is 23.6 Å². The Hall–Kier alpha value is -3.95. The van der Waals surface area contributed by atoms with E-state index in [1.807, 2.05) is 66.7 Å². The van der Waals surface area contributed by atoms with Crippen molar-refractivity contribution in [3.8, 4) is 23.1 Å². The summed E-state index contributed by atoms with van der Waals surface area (Å²) >= 11 is 0. The molecule has 1 fully saturated rings. The minimum Gasteiger partial charge on any atom is -0.472 e. The molecular formula is C26H23N5O. The minimum atomic E-state index is 0.0959. The van der Waals surface area contributed by atoms with Gasteiger partial charge in [0.25, 0.3) is 0 Å². The molecule has 1 aromatic heterocycles. The molecule has 4 aromatic rings. The first-order valence-corrected chi connectivity index (χ1v) is 10.7. The molecule has 1 saturated heterocycles. The first-order valence-electron chi connectivity index (χ1n) is 10.7. The van der Waals surface area contributed by atoms with Crippen LogP contribution < -0.4 is 15.4 Å². The van der Waals surface area contributed by atoms with Crippen molar-refractivity contribution in [3.05, 3.63) is 77.9 Å². The Bertz CT molecular complexity index is 1290.